The van der Waals surface area contributed by atoms with Crippen molar-refractivity contribution in [3.8, 4) is 0 Å². The molecule has 0 fully saturated rings. The molecule has 3 aromatic rings. The predicted octanol–water partition coefficient (Wildman–Crippen LogP) is 6.35. The standard InChI is InChI=1S/C19H19NS.C2H6/c1-13(12-20)6-5-8-15-14(2)10-11-17-16-7-3-4-9-18(16)21-19(15)17;1-2/h3-7,9-12H,8,20H2,1-2H3;1-2H3/b6-5-,13-12-;. The van der Waals surface area contributed by atoms with Crippen LogP contribution in [0.4, 0.5) is 0 Å². The van der Waals surface area contributed by atoms with Gasteiger partial charge in [0, 0.05) is 20.2 Å². The molecule has 0 saturated heterocycles. The van der Waals surface area contributed by atoms with Crippen molar-refractivity contribution in [2.45, 2.75) is 34.1 Å². The number of rotatable bonds is 3. The molecule has 0 saturated carbocycles. The lowest BCUT2D eigenvalue weighted by atomic mass is 10.0. The number of aryl methyl sites for hydroxylation is 1. The molecule has 120 valence electrons. The van der Waals surface area contributed by atoms with Gasteiger partial charge in [0.15, 0.2) is 0 Å². The van der Waals surface area contributed by atoms with Crippen LogP contribution >= 0.6 is 11.3 Å². The molecule has 3 rings (SSSR count). The Morgan fingerprint density at radius 3 is 2.57 bits per heavy atom. The highest BCUT2D eigenvalue weighted by atomic mass is 32.1. The van der Waals surface area contributed by atoms with E-state index in [1.165, 1.54) is 31.3 Å². The van der Waals surface area contributed by atoms with E-state index in [0.717, 1.165) is 12.0 Å². The maximum absolute atomic E-state index is 5.51. The highest BCUT2D eigenvalue weighted by Crippen LogP contribution is 2.37. The molecular formula is C21H25NS. The summed E-state index contributed by atoms with van der Waals surface area (Å²) in [4.78, 5) is 0. The quantitative estimate of drug-likeness (QED) is 0.558. The van der Waals surface area contributed by atoms with Crippen LogP contribution in [0.2, 0.25) is 0 Å². The van der Waals surface area contributed by atoms with Gasteiger partial charge in [-0.1, -0.05) is 56.3 Å². The first-order valence-electron chi connectivity index (χ1n) is 8.15. The normalized spacial score (nSPS) is 11.9. The first-order chi connectivity index (χ1) is 11.2. The molecule has 2 aromatic carbocycles. The first kappa shape index (κ1) is 17.3. The predicted molar refractivity (Wildman–Crippen MR) is 106 cm³/mol. The summed E-state index contributed by atoms with van der Waals surface area (Å²) in [6.45, 7) is 8.21. The molecule has 2 heteroatoms. The van der Waals surface area contributed by atoms with E-state index in [1.807, 2.05) is 32.1 Å². The van der Waals surface area contributed by atoms with Gasteiger partial charge >= 0.3 is 0 Å². The molecular weight excluding hydrogens is 298 g/mol. The van der Waals surface area contributed by atoms with Gasteiger partial charge in [-0.05, 0) is 49.2 Å². The Morgan fingerprint density at radius 2 is 1.83 bits per heavy atom. The molecule has 0 aliphatic carbocycles. The topological polar surface area (TPSA) is 26.0 Å². The summed E-state index contributed by atoms with van der Waals surface area (Å²) in [7, 11) is 0. The molecule has 0 bridgehead atoms. The molecule has 0 amide bonds. The van der Waals surface area contributed by atoms with E-state index in [0.29, 0.717) is 0 Å². The van der Waals surface area contributed by atoms with Crippen molar-refractivity contribution in [3.05, 3.63) is 71.5 Å². The Bertz CT molecular complexity index is 853. The number of benzene rings is 2. The lowest BCUT2D eigenvalue weighted by Crippen LogP contribution is -1.88. The molecule has 0 spiro atoms. The number of fused-ring (bicyclic) bond motifs is 3. The van der Waals surface area contributed by atoms with Crippen molar-refractivity contribution in [2.24, 2.45) is 5.73 Å². The fraction of sp³-hybridized carbons (Fsp3) is 0.238. The van der Waals surface area contributed by atoms with Gasteiger partial charge in [0.25, 0.3) is 0 Å². The van der Waals surface area contributed by atoms with Gasteiger partial charge < -0.3 is 5.73 Å². The molecule has 1 nitrogen and oxygen atoms in total. The highest BCUT2D eigenvalue weighted by molar-refractivity contribution is 7.26. The van der Waals surface area contributed by atoms with Crippen LogP contribution in [0.25, 0.3) is 20.2 Å². The van der Waals surface area contributed by atoms with Crippen molar-refractivity contribution in [3.63, 3.8) is 0 Å². The lowest BCUT2D eigenvalue weighted by Gasteiger charge is -2.05. The monoisotopic (exact) mass is 323 g/mol. The number of hydrogen-bond donors (Lipinski definition) is 1. The van der Waals surface area contributed by atoms with E-state index < -0.39 is 0 Å². The Labute approximate surface area is 143 Å². The smallest absolute Gasteiger partial charge is 0.0393 e. The fourth-order valence-electron chi connectivity index (χ4n) is 2.61. The molecule has 0 aliphatic heterocycles. The van der Waals surface area contributed by atoms with Crippen molar-refractivity contribution in [2.75, 3.05) is 0 Å². The van der Waals surface area contributed by atoms with Crippen LogP contribution in [0.3, 0.4) is 0 Å². The van der Waals surface area contributed by atoms with Crippen LogP contribution in [0.5, 0.6) is 0 Å². The molecule has 1 aromatic heterocycles. The van der Waals surface area contributed by atoms with Gasteiger partial charge in [0.1, 0.15) is 0 Å². The number of hydrogen-bond acceptors (Lipinski definition) is 2. The van der Waals surface area contributed by atoms with E-state index >= 15 is 0 Å². The Hall–Kier alpha value is -2.06. The summed E-state index contributed by atoms with van der Waals surface area (Å²) < 4.78 is 2.77. The molecule has 0 unspecified atom stereocenters. The molecule has 0 radical (unpaired) electrons. The zero-order chi connectivity index (χ0) is 16.8. The van der Waals surface area contributed by atoms with Crippen LogP contribution in [0.1, 0.15) is 31.9 Å². The van der Waals surface area contributed by atoms with Crippen LogP contribution in [-0.4, -0.2) is 0 Å². The van der Waals surface area contributed by atoms with Gasteiger partial charge in [0.2, 0.25) is 0 Å². The maximum atomic E-state index is 5.51. The second kappa shape index (κ2) is 7.98. The van der Waals surface area contributed by atoms with E-state index in [4.69, 9.17) is 5.73 Å². The summed E-state index contributed by atoms with van der Waals surface area (Å²) >= 11 is 1.89. The summed E-state index contributed by atoms with van der Waals surface area (Å²) in [6, 6.07) is 13.1. The average Bonchev–Trinajstić information content (AvgIpc) is 2.97. The third-order valence-electron chi connectivity index (χ3n) is 3.85. The van der Waals surface area contributed by atoms with E-state index in [2.05, 4.69) is 55.5 Å². The average molecular weight is 324 g/mol. The molecule has 2 N–H and O–H groups in total. The second-order valence-corrected chi connectivity index (χ2v) is 6.41. The van der Waals surface area contributed by atoms with Crippen molar-refractivity contribution < 1.29 is 0 Å². The molecule has 0 atom stereocenters. The van der Waals surface area contributed by atoms with Gasteiger partial charge in [-0.2, -0.15) is 0 Å². The number of thiophene rings is 1. The van der Waals surface area contributed by atoms with Crippen molar-refractivity contribution >= 4 is 31.5 Å². The zero-order valence-corrected chi connectivity index (χ0v) is 15.2. The number of allylic oxidation sites excluding steroid dienone is 3. The lowest BCUT2D eigenvalue weighted by molar-refractivity contribution is 1.24. The van der Waals surface area contributed by atoms with Crippen molar-refractivity contribution in [1.29, 1.82) is 0 Å². The minimum Gasteiger partial charge on any atom is -0.404 e. The Balaban J connectivity index is 0.000000924. The van der Waals surface area contributed by atoms with Crippen LogP contribution < -0.4 is 5.73 Å². The Morgan fingerprint density at radius 1 is 1.09 bits per heavy atom. The van der Waals surface area contributed by atoms with Crippen LogP contribution in [0.15, 0.2) is 60.3 Å². The molecule has 0 aliphatic rings. The summed E-state index contributed by atoms with van der Waals surface area (Å²) in [5.74, 6) is 0. The van der Waals surface area contributed by atoms with Crippen LogP contribution in [0, 0.1) is 6.92 Å². The van der Waals surface area contributed by atoms with Crippen molar-refractivity contribution in [1.82, 2.24) is 0 Å². The third kappa shape index (κ3) is 3.65. The summed E-state index contributed by atoms with van der Waals surface area (Å²) in [5, 5.41) is 2.73. The second-order valence-electron chi connectivity index (χ2n) is 5.35. The number of nitrogens with two attached hydrogens (primary N) is 1. The van der Waals surface area contributed by atoms with E-state index in [9.17, 15) is 0 Å². The first-order valence-corrected chi connectivity index (χ1v) is 8.97. The Kier molecular flexibility index (Phi) is 6.00. The minimum atomic E-state index is 0.946. The van der Waals surface area contributed by atoms with Crippen LogP contribution in [-0.2, 0) is 6.42 Å². The molecule has 23 heavy (non-hydrogen) atoms. The SMILES string of the molecule is CC.CC(/C=C\Cc1c(C)ccc2c1sc1ccccc12)=C/N. The van der Waals surface area contributed by atoms with Gasteiger partial charge in [-0.25, -0.2) is 0 Å². The summed E-state index contributed by atoms with van der Waals surface area (Å²) in [6.07, 6.45) is 6.88. The largest absolute Gasteiger partial charge is 0.404 e. The third-order valence-corrected chi connectivity index (χ3v) is 5.10. The highest BCUT2D eigenvalue weighted by Gasteiger charge is 2.09. The van der Waals surface area contributed by atoms with E-state index in [-0.39, 0.29) is 0 Å². The maximum Gasteiger partial charge on any atom is 0.0393 e. The summed E-state index contributed by atoms with van der Waals surface area (Å²) in [5.41, 5.74) is 9.39. The van der Waals surface area contributed by atoms with E-state index in [1.54, 1.807) is 6.20 Å². The minimum absolute atomic E-state index is 0.946. The van der Waals surface area contributed by atoms with Gasteiger partial charge in [0.05, 0.1) is 0 Å². The molecule has 1 heterocycles. The van der Waals surface area contributed by atoms with Gasteiger partial charge in [-0.3, -0.25) is 0 Å². The fourth-order valence-corrected chi connectivity index (χ4v) is 3.92. The zero-order valence-electron chi connectivity index (χ0n) is 14.4. The van der Waals surface area contributed by atoms with Gasteiger partial charge in [-0.15, -0.1) is 11.3 Å².